The van der Waals surface area contributed by atoms with Crippen LogP contribution in [-0.2, 0) is 6.61 Å². The van der Waals surface area contributed by atoms with Gasteiger partial charge in [0.2, 0.25) is 0 Å². The number of halogens is 2. The molecule has 31 heavy (non-hydrogen) atoms. The molecule has 9 nitrogen and oxygen atoms in total. The second-order valence-corrected chi connectivity index (χ2v) is 7.88. The fraction of sp³-hybridized carbons (Fsp3) is 0.0500. The molecule has 1 N–H and O–H groups in total. The average molecular weight is 550 g/mol. The molecule has 158 valence electrons. The van der Waals surface area contributed by atoms with E-state index in [1.54, 1.807) is 12.1 Å². The number of nitrogens with one attached hydrogen (secondary N) is 1. The topological polar surface area (TPSA) is 120 Å². The molecule has 0 atom stereocenters. The molecule has 0 aliphatic carbocycles. The Morgan fingerprint density at radius 1 is 0.968 bits per heavy atom. The molecule has 0 aromatic heterocycles. The number of benzene rings is 3. The van der Waals surface area contributed by atoms with Crippen LogP contribution in [0.4, 0.5) is 17.1 Å². The summed E-state index contributed by atoms with van der Waals surface area (Å²) < 4.78 is 7.26. The monoisotopic (exact) mass is 548 g/mol. The van der Waals surface area contributed by atoms with Gasteiger partial charge in [-0.1, -0.05) is 30.3 Å². The van der Waals surface area contributed by atoms with Crippen LogP contribution in [0.25, 0.3) is 0 Å². The number of nitrogens with zero attached hydrogens (tertiary/aromatic N) is 3. The number of rotatable bonds is 8. The van der Waals surface area contributed by atoms with Gasteiger partial charge in [0, 0.05) is 6.07 Å². The first-order chi connectivity index (χ1) is 14.8. The molecule has 0 aliphatic heterocycles. The fourth-order valence-electron chi connectivity index (χ4n) is 2.58. The SMILES string of the molecule is O=[N+]([O-])c1ccc(N/N=C\c2cc(Br)c(OCc3ccccc3)c(Br)c2)c([N+](=O)[O-])c1. The maximum atomic E-state index is 11.2. The molecule has 0 radical (unpaired) electrons. The molecule has 0 unspecified atom stereocenters. The molecule has 0 saturated carbocycles. The van der Waals surface area contributed by atoms with Gasteiger partial charge in [0.1, 0.15) is 18.0 Å². The van der Waals surface area contributed by atoms with Crippen molar-refractivity contribution in [3.05, 3.63) is 101 Å². The number of hydrogen-bond acceptors (Lipinski definition) is 7. The predicted molar refractivity (Wildman–Crippen MR) is 124 cm³/mol. The molecule has 0 bridgehead atoms. The van der Waals surface area contributed by atoms with Crippen LogP contribution in [0, 0.1) is 20.2 Å². The Morgan fingerprint density at radius 3 is 2.26 bits per heavy atom. The maximum absolute atomic E-state index is 11.2. The van der Waals surface area contributed by atoms with Crippen LogP contribution in [-0.4, -0.2) is 16.1 Å². The van der Waals surface area contributed by atoms with Crippen molar-refractivity contribution in [3.63, 3.8) is 0 Å². The number of non-ortho nitro benzene ring substituents is 1. The van der Waals surface area contributed by atoms with Gasteiger partial charge in [-0.3, -0.25) is 25.7 Å². The van der Waals surface area contributed by atoms with Crippen LogP contribution >= 0.6 is 31.9 Å². The van der Waals surface area contributed by atoms with Crippen LogP contribution in [0.15, 0.2) is 74.7 Å². The van der Waals surface area contributed by atoms with Crippen molar-refractivity contribution in [1.82, 2.24) is 0 Å². The molecule has 0 spiro atoms. The average Bonchev–Trinajstić information content (AvgIpc) is 2.74. The first kappa shape index (κ1) is 22.4. The van der Waals surface area contributed by atoms with E-state index in [9.17, 15) is 20.2 Å². The smallest absolute Gasteiger partial charge is 0.301 e. The minimum atomic E-state index is -0.711. The summed E-state index contributed by atoms with van der Waals surface area (Å²) in [5.74, 6) is 0.625. The Balaban J connectivity index is 1.73. The minimum Gasteiger partial charge on any atom is -0.487 e. The lowest BCUT2D eigenvalue weighted by atomic mass is 10.2. The van der Waals surface area contributed by atoms with E-state index in [-0.39, 0.29) is 11.4 Å². The zero-order chi connectivity index (χ0) is 22.4. The highest BCUT2D eigenvalue weighted by Gasteiger charge is 2.19. The van der Waals surface area contributed by atoms with E-state index in [0.29, 0.717) is 26.9 Å². The molecular formula is C20H14Br2N4O5. The van der Waals surface area contributed by atoms with Gasteiger partial charge in [-0.25, -0.2) is 0 Å². The Kier molecular flexibility index (Phi) is 7.32. The van der Waals surface area contributed by atoms with Crippen molar-refractivity contribution < 1.29 is 14.6 Å². The zero-order valence-corrected chi connectivity index (χ0v) is 18.9. The standard InChI is InChI=1S/C20H14Br2N4O5/c21-16-8-14(9-17(22)20(16)31-12-13-4-2-1-3-5-13)11-23-24-18-7-6-15(25(27)28)10-19(18)26(29)30/h1-11,24H,12H2/b23-11-. The summed E-state index contributed by atoms with van der Waals surface area (Å²) in [6, 6.07) is 16.6. The lowest BCUT2D eigenvalue weighted by Gasteiger charge is -2.11. The number of nitro groups is 2. The van der Waals surface area contributed by atoms with Crippen LogP contribution in [0.1, 0.15) is 11.1 Å². The molecular weight excluding hydrogens is 536 g/mol. The largest absolute Gasteiger partial charge is 0.487 e. The van der Waals surface area contributed by atoms with Gasteiger partial charge < -0.3 is 4.74 Å². The van der Waals surface area contributed by atoms with E-state index in [4.69, 9.17) is 4.74 Å². The summed E-state index contributed by atoms with van der Waals surface area (Å²) in [6.07, 6.45) is 1.46. The van der Waals surface area contributed by atoms with E-state index in [1.165, 1.54) is 12.3 Å². The normalized spacial score (nSPS) is 10.8. The summed E-state index contributed by atoms with van der Waals surface area (Å²) in [7, 11) is 0. The van der Waals surface area contributed by atoms with Crippen LogP contribution in [0.2, 0.25) is 0 Å². The molecule has 3 aromatic rings. The summed E-state index contributed by atoms with van der Waals surface area (Å²) in [6.45, 7) is 0.400. The Labute approximate surface area is 193 Å². The lowest BCUT2D eigenvalue weighted by molar-refractivity contribution is -0.393. The predicted octanol–water partition coefficient (Wildman–Crippen LogP) is 6.05. The molecule has 0 saturated heterocycles. The highest BCUT2D eigenvalue weighted by Crippen LogP contribution is 2.35. The van der Waals surface area contributed by atoms with Gasteiger partial charge in [0.05, 0.1) is 31.1 Å². The van der Waals surface area contributed by atoms with E-state index in [2.05, 4.69) is 42.4 Å². The number of hydrogen-bond donors (Lipinski definition) is 1. The first-order valence-electron chi connectivity index (χ1n) is 8.73. The second kappa shape index (κ2) is 10.1. The fourth-order valence-corrected chi connectivity index (χ4v) is 4.03. The summed E-state index contributed by atoms with van der Waals surface area (Å²) >= 11 is 6.94. The summed E-state index contributed by atoms with van der Waals surface area (Å²) in [4.78, 5) is 20.6. The van der Waals surface area contributed by atoms with Gasteiger partial charge >= 0.3 is 5.69 Å². The van der Waals surface area contributed by atoms with E-state index < -0.39 is 15.5 Å². The van der Waals surface area contributed by atoms with Gasteiger partial charge in [-0.05, 0) is 61.2 Å². The van der Waals surface area contributed by atoms with Crippen LogP contribution in [0.3, 0.4) is 0 Å². The molecule has 0 aliphatic rings. The molecule has 3 aromatic carbocycles. The van der Waals surface area contributed by atoms with Gasteiger partial charge in [0.15, 0.2) is 0 Å². The van der Waals surface area contributed by atoms with Crippen molar-refractivity contribution in [2.75, 3.05) is 5.43 Å². The van der Waals surface area contributed by atoms with Crippen LogP contribution in [0.5, 0.6) is 5.75 Å². The molecule has 0 heterocycles. The third-order valence-electron chi connectivity index (χ3n) is 4.03. The zero-order valence-electron chi connectivity index (χ0n) is 15.7. The minimum absolute atomic E-state index is 0.0350. The number of nitro benzene ring substituents is 2. The first-order valence-corrected chi connectivity index (χ1v) is 10.3. The van der Waals surface area contributed by atoms with Gasteiger partial charge in [0.25, 0.3) is 5.69 Å². The highest BCUT2D eigenvalue weighted by molar-refractivity contribution is 9.11. The van der Waals surface area contributed by atoms with E-state index in [1.807, 2.05) is 30.3 Å². The van der Waals surface area contributed by atoms with Crippen LogP contribution < -0.4 is 10.2 Å². The number of hydrazone groups is 1. The van der Waals surface area contributed by atoms with Gasteiger partial charge in [-0.2, -0.15) is 5.10 Å². The number of ether oxygens (including phenoxy) is 1. The molecule has 0 amide bonds. The van der Waals surface area contributed by atoms with E-state index >= 15 is 0 Å². The van der Waals surface area contributed by atoms with Gasteiger partial charge in [-0.15, -0.1) is 0 Å². The summed E-state index contributed by atoms with van der Waals surface area (Å²) in [5, 5.41) is 26.0. The third-order valence-corrected chi connectivity index (χ3v) is 5.21. The van der Waals surface area contributed by atoms with Crippen molar-refractivity contribution in [2.45, 2.75) is 6.61 Å². The van der Waals surface area contributed by atoms with E-state index in [0.717, 1.165) is 17.7 Å². The molecule has 11 heteroatoms. The third kappa shape index (κ3) is 5.86. The Bertz CT molecular complexity index is 1130. The van der Waals surface area contributed by atoms with Crippen molar-refractivity contribution in [2.24, 2.45) is 5.10 Å². The quantitative estimate of drug-likeness (QED) is 0.207. The maximum Gasteiger partial charge on any atom is 0.301 e. The second-order valence-electron chi connectivity index (χ2n) is 6.17. The number of anilines is 1. The lowest BCUT2D eigenvalue weighted by Crippen LogP contribution is -1.99. The molecule has 0 fully saturated rings. The Hall–Kier alpha value is -3.31. The van der Waals surface area contributed by atoms with Crippen molar-refractivity contribution >= 4 is 55.1 Å². The Morgan fingerprint density at radius 2 is 1.65 bits per heavy atom. The summed E-state index contributed by atoms with van der Waals surface area (Å²) in [5.41, 5.74) is 3.48. The molecule has 3 rings (SSSR count). The highest BCUT2D eigenvalue weighted by atomic mass is 79.9. The van der Waals surface area contributed by atoms with Crippen molar-refractivity contribution in [1.29, 1.82) is 0 Å². The van der Waals surface area contributed by atoms with Crippen molar-refractivity contribution in [3.8, 4) is 5.75 Å².